The summed E-state index contributed by atoms with van der Waals surface area (Å²) in [7, 11) is 1.69. The molecule has 2 atom stereocenters. The number of methoxy groups -OCH3 is 1. The Balaban J connectivity index is 2.08. The zero-order valence-electron chi connectivity index (χ0n) is 12.3. The number of halogens is 1. The fraction of sp³-hybridized carbons (Fsp3) is 0.625. The van der Waals surface area contributed by atoms with Crippen LogP contribution >= 0.6 is 15.9 Å². The number of benzene rings is 1. The Kier molecular flexibility index (Phi) is 6.33. The summed E-state index contributed by atoms with van der Waals surface area (Å²) in [5.41, 5.74) is 1.24. The molecule has 1 aromatic rings. The van der Waals surface area contributed by atoms with E-state index >= 15 is 0 Å². The lowest BCUT2D eigenvalue weighted by molar-refractivity contribution is -0.0277. The Morgan fingerprint density at radius 3 is 3.00 bits per heavy atom. The molecule has 1 saturated heterocycles. The van der Waals surface area contributed by atoms with Crippen molar-refractivity contribution in [2.24, 2.45) is 5.92 Å². The zero-order chi connectivity index (χ0) is 14.4. The third-order valence-electron chi connectivity index (χ3n) is 3.78. The highest BCUT2D eigenvalue weighted by molar-refractivity contribution is 9.10. The molecule has 20 heavy (non-hydrogen) atoms. The summed E-state index contributed by atoms with van der Waals surface area (Å²) in [4.78, 5) is 0. The minimum Gasteiger partial charge on any atom is -0.496 e. The second kappa shape index (κ2) is 8.01. The molecule has 1 fully saturated rings. The summed E-state index contributed by atoms with van der Waals surface area (Å²) in [6.07, 6.45) is 3.75. The zero-order valence-corrected chi connectivity index (χ0v) is 13.9. The normalized spacial score (nSPS) is 22.8. The van der Waals surface area contributed by atoms with Crippen LogP contribution in [0, 0.1) is 5.92 Å². The van der Waals surface area contributed by atoms with Crippen molar-refractivity contribution in [1.29, 1.82) is 0 Å². The van der Waals surface area contributed by atoms with Crippen LogP contribution in [-0.2, 0) is 4.74 Å². The van der Waals surface area contributed by atoms with E-state index < -0.39 is 0 Å². The van der Waals surface area contributed by atoms with Gasteiger partial charge in [-0.25, -0.2) is 0 Å². The van der Waals surface area contributed by atoms with Crippen molar-refractivity contribution < 1.29 is 9.47 Å². The van der Waals surface area contributed by atoms with Crippen LogP contribution in [0.5, 0.6) is 5.75 Å². The van der Waals surface area contributed by atoms with Gasteiger partial charge in [-0.2, -0.15) is 0 Å². The first-order chi connectivity index (χ1) is 9.76. The van der Waals surface area contributed by atoms with Gasteiger partial charge in [-0.1, -0.05) is 13.0 Å². The van der Waals surface area contributed by atoms with Crippen molar-refractivity contribution in [3.8, 4) is 5.75 Å². The number of rotatable bonds is 6. The molecule has 4 heteroatoms. The van der Waals surface area contributed by atoms with Crippen molar-refractivity contribution in [3.63, 3.8) is 0 Å². The van der Waals surface area contributed by atoms with Gasteiger partial charge in [0.2, 0.25) is 0 Å². The quantitative estimate of drug-likeness (QED) is 0.795. The van der Waals surface area contributed by atoms with E-state index in [1.807, 2.05) is 6.07 Å². The molecule has 0 radical (unpaired) electrons. The molecular weight excluding hydrogens is 318 g/mol. The van der Waals surface area contributed by atoms with Crippen molar-refractivity contribution in [1.82, 2.24) is 5.32 Å². The SMILES string of the molecule is CCCNCC1CCCOC1c1ccc(OC)c(Br)c1. The van der Waals surface area contributed by atoms with Gasteiger partial charge < -0.3 is 14.8 Å². The van der Waals surface area contributed by atoms with Gasteiger partial charge >= 0.3 is 0 Å². The highest BCUT2D eigenvalue weighted by Crippen LogP contribution is 2.36. The van der Waals surface area contributed by atoms with Gasteiger partial charge in [0.1, 0.15) is 5.75 Å². The highest BCUT2D eigenvalue weighted by Gasteiger charge is 2.27. The van der Waals surface area contributed by atoms with E-state index in [0.29, 0.717) is 5.92 Å². The molecule has 1 N–H and O–H groups in total. The first kappa shape index (κ1) is 15.8. The molecule has 0 amide bonds. The Morgan fingerprint density at radius 2 is 2.30 bits per heavy atom. The second-order valence-electron chi connectivity index (χ2n) is 5.29. The van der Waals surface area contributed by atoms with E-state index in [-0.39, 0.29) is 6.10 Å². The summed E-state index contributed by atoms with van der Waals surface area (Å²) in [5, 5.41) is 3.53. The van der Waals surface area contributed by atoms with E-state index in [9.17, 15) is 0 Å². The Morgan fingerprint density at radius 1 is 1.45 bits per heavy atom. The van der Waals surface area contributed by atoms with Crippen molar-refractivity contribution >= 4 is 15.9 Å². The molecule has 1 heterocycles. The number of ether oxygens (including phenoxy) is 2. The molecule has 0 bridgehead atoms. The third-order valence-corrected chi connectivity index (χ3v) is 4.40. The number of hydrogen-bond acceptors (Lipinski definition) is 3. The molecule has 3 nitrogen and oxygen atoms in total. The molecule has 1 aromatic carbocycles. The maximum Gasteiger partial charge on any atom is 0.133 e. The first-order valence-electron chi connectivity index (χ1n) is 7.42. The Bertz CT molecular complexity index is 425. The topological polar surface area (TPSA) is 30.5 Å². The van der Waals surface area contributed by atoms with E-state index in [1.54, 1.807) is 7.11 Å². The van der Waals surface area contributed by atoms with Crippen molar-refractivity contribution in [2.45, 2.75) is 32.3 Å². The molecule has 0 aromatic heterocycles. The van der Waals surface area contributed by atoms with Crippen LogP contribution in [-0.4, -0.2) is 26.8 Å². The van der Waals surface area contributed by atoms with E-state index in [0.717, 1.165) is 36.3 Å². The summed E-state index contributed by atoms with van der Waals surface area (Å²) >= 11 is 3.56. The average molecular weight is 342 g/mol. The van der Waals surface area contributed by atoms with Crippen LogP contribution in [0.15, 0.2) is 22.7 Å². The lowest BCUT2D eigenvalue weighted by Crippen LogP contribution is -2.32. The fourth-order valence-corrected chi connectivity index (χ4v) is 3.30. The molecule has 0 saturated carbocycles. The summed E-state index contributed by atoms with van der Waals surface area (Å²) in [6, 6.07) is 6.25. The minimum absolute atomic E-state index is 0.190. The van der Waals surface area contributed by atoms with Gasteiger partial charge in [-0.3, -0.25) is 0 Å². The molecule has 0 spiro atoms. The van der Waals surface area contributed by atoms with Gasteiger partial charge in [-0.05, 0) is 59.4 Å². The molecule has 112 valence electrons. The van der Waals surface area contributed by atoms with Gasteiger partial charge in [0.15, 0.2) is 0 Å². The molecule has 1 aliphatic rings. The van der Waals surface area contributed by atoms with E-state index in [1.165, 1.54) is 18.4 Å². The second-order valence-corrected chi connectivity index (χ2v) is 6.15. The van der Waals surface area contributed by atoms with Crippen LogP contribution in [0.4, 0.5) is 0 Å². The first-order valence-corrected chi connectivity index (χ1v) is 8.21. The lowest BCUT2D eigenvalue weighted by Gasteiger charge is -2.32. The number of hydrogen-bond donors (Lipinski definition) is 1. The monoisotopic (exact) mass is 341 g/mol. The fourth-order valence-electron chi connectivity index (χ4n) is 2.74. The Labute approximate surface area is 130 Å². The lowest BCUT2D eigenvalue weighted by atomic mass is 9.89. The predicted octanol–water partition coefficient (Wildman–Crippen LogP) is 3.93. The Hall–Kier alpha value is -0.580. The standard InChI is InChI=1S/C16H24BrNO2/c1-3-8-18-11-13-5-4-9-20-16(13)12-6-7-15(19-2)14(17)10-12/h6-7,10,13,16,18H,3-5,8-9,11H2,1-2H3. The van der Waals surface area contributed by atoms with Gasteiger partial charge in [0.25, 0.3) is 0 Å². The van der Waals surface area contributed by atoms with Gasteiger partial charge in [0.05, 0.1) is 17.7 Å². The van der Waals surface area contributed by atoms with Crippen molar-refractivity contribution in [3.05, 3.63) is 28.2 Å². The molecular formula is C16H24BrNO2. The predicted molar refractivity (Wildman–Crippen MR) is 85.3 cm³/mol. The van der Waals surface area contributed by atoms with Crippen LogP contribution in [0.3, 0.4) is 0 Å². The van der Waals surface area contributed by atoms with Crippen LogP contribution in [0.2, 0.25) is 0 Å². The van der Waals surface area contributed by atoms with Crippen LogP contribution < -0.4 is 10.1 Å². The van der Waals surface area contributed by atoms with E-state index in [4.69, 9.17) is 9.47 Å². The van der Waals surface area contributed by atoms with Crippen LogP contribution in [0.1, 0.15) is 37.9 Å². The summed E-state index contributed by atoms with van der Waals surface area (Å²) < 4.78 is 12.3. The van der Waals surface area contributed by atoms with Crippen molar-refractivity contribution in [2.75, 3.05) is 26.8 Å². The molecule has 1 aliphatic heterocycles. The average Bonchev–Trinajstić information content (AvgIpc) is 2.48. The summed E-state index contributed by atoms with van der Waals surface area (Å²) in [5.74, 6) is 1.42. The van der Waals surface area contributed by atoms with Crippen LogP contribution in [0.25, 0.3) is 0 Å². The minimum atomic E-state index is 0.190. The smallest absolute Gasteiger partial charge is 0.133 e. The molecule has 2 rings (SSSR count). The highest BCUT2D eigenvalue weighted by atomic mass is 79.9. The van der Waals surface area contributed by atoms with E-state index in [2.05, 4.69) is 40.3 Å². The van der Waals surface area contributed by atoms with Gasteiger partial charge in [-0.15, -0.1) is 0 Å². The molecule has 0 aliphatic carbocycles. The largest absolute Gasteiger partial charge is 0.496 e. The third kappa shape index (κ3) is 3.96. The summed E-state index contributed by atoms with van der Waals surface area (Å²) in [6.45, 7) is 5.17. The van der Waals surface area contributed by atoms with Gasteiger partial charge in [0, 0.05) is 19.1 Å². The molecule has 2 unspecified atom stereocenters. The maximum atomic E-state index is 6.03. The number of nitrogens with one attached hydrogen (secondary N) is 1. The maximum absolute atomic E-state index is 6.03.